The van der Waals surface area contributed by atoms with Gasteiger partial charge in [0.25, 0.3) is 0 Å². The number of aromatic nitrogens is 1. The fraction of sp³-hybridized carbons (Fsp3) is 0.308. The molecular formula is C13H15ClIN3OS. The Morgan fingerprint density at radius 2 is 2.20 bits per heavy atom. The summed E-state index contributed by atoms with van der Waals surface area (Å²) in [4.78, 5) is 7.48. The van der Waals surface area contributed by atoms with Crippen molar-refractivity contribution in [3.8, 4) is 5.88 Å². The Balaban J connectivity index is 2.14. The first-order valence-corrected chi connectivity index (χ1v) is 8.18. The van der Waals surface area contributed by atoms with E-state index in [1.165, 1.54) is 0 Å². The lowest BCUT2D eigenvalue weighted by molar-refractivity contribution is 0.397. The summed E-state index contributed by atoms with van der Waals surface area (Å²) in [6.07, 6.45) is 0. The molecule has 0 bridgehead atoms. The van der Waals surface area contributed by atoms with Crippen molar-refractivity contribution in [3.63, 3.8) is 0 Å². The highest BCUT2D eigenvalue weighted by Gasteiger charge is 2.13. The Bertz CT molecular complexity index is 603. The molecule has 0 spiro atoms. The first-order valence-electron chi connectivity index (χ1n) is 5.91. The Hall–Kier alpha value is -0.730. The maximum absolute atomic E-state index is 5.95. The third-order valence-electron chi connectivity index (χ3n) is 2.60. The van der Waals surface area contributed by atoms with Gasteiger partial charge >= 0.3 is 0 Å². The minimum absolute atomic E-state index is 0.673. The van der Waals surface area contributed by atoms with Crippen LogP contribution in [-0.2, 0) is 6.54 Å². The van der Waals surface area contributed by atoms with E-state index in [0.717, 1.165) is 24.3 Å². The smallest absolute Gasteiger partial charge is 0.231 e. The molecule has 108 valence electrons. The van der Waals surface area contributed by atoms with Gasteiger partial charge in [-0.25, -0.2) is 0 Å². The lowest BCUT2D eigenvalue weighted by Gasteiger charge is -2.08. The average Bonchev–Trinajstić information content (AvgIpc) is 2.81. The van der Waals surface area contributed by atoms with E-state index in [1.807, 2.05) is 37.2 Å². The standard InChI is InChI=1S/C13H15ClIN3OS/c1-18(2)13-17-12(19-3)11(20-13)7-16-10-5-4-8(14)6-9(10)15/h4-6,16H,7H2,1-3H3. The lowest BCUT2D eigenvalue weighted by Crippen LogP contribution is -2.07. The van der Waals surface area contributed by atoms with E-state index < -0.39 is 0 Å². The number of benzene rings is 1. The average molecular weight is 424 g/mol. The highest BCUT2D eigenvalue weighted by Crippen LogP contribution is 2.31. The second-order valence-electron chi connectivity index (χ2n) is 4.30. The van der Waals surface area contributed by atoms with Crippen molar-refractivity contribution in [1.82, 2.24) is 4.98 Å². The van der Waals surface area contributed by atoms with Gasteiger partial charge in [0, 0.05) is 28.4 Å². The summed E-state index contributed by atoms with van der Waals surface area (Å²) in [5, 5.41) is 5.06. The predicted octanol–water partition coefficient (Wildman–Crippen LogP) is 4.09. The number of hydrogen-bond donors (Lipinski definition) is 1. The van der Waals surface area contributed by atoms with Gasteiger partial charge in [0.05, 0.1) is 18.5 Å². The zero-order chi connectivity index (χ0) is 14.7. The number of methoxy groups -OCH3 is 1. The number of halogens is 2. The quantitative estimate of drug-likeness (QED) is 0.735. The van der Waals surface area contributed by atoms with Crippen LogP contribution in [-0.4, -0.2) is 26.2 Å². The van der Waals surface area contributed by atoms with Gasteiger partial charge in [0.1, 0.15) is 0 Å². The highest BCUT2D eigenvalue weighted by molar-refractivity contribution is 14.1. The Morgan fingerprint density at radius 3 is 2.80 bits per heavy atom. The monoisotopic (exact) mass is 423 g/mol. The van der Waals surface area contributed by atoms with Gasteiger partial charge < -0.3 is 15.0 Å². The molecule has 1 aromatic heterocycles. The van der Waals surface area contributed by atoms with Crippen LogP contribution in [0, 0.1) is 3.57 Å². The fourth-order valence-corrected chi connectivity index (χ4v) is 3.55. The van der Waals surface area contributed by atoms with Gasteiger partial charge in [-0.1, -0.05) is 22.9 Å². The summed E-state index contributed by atoms with van der Waals surface area (Å²) in [5.41, 5.74) is 1.05. The van der Waals surface area contributed by atoms with Crippen LogP contribution >= 0.6 is 45.5 Å². The van der Waals surface area contributed by atoms with E-state index in [1.54, 1.807) is 18.4 Å². The second-order valence-corrected chi connectivity index (χ2v) is 6.96. The number of rotatable bonds is 5. The van der Waals surface area contributed by atoms with E-state index in [-0.39, 0.29) is 0 Å². The molecule has 7 heteroatoms. The summed E-state index contributed by atoms with van der Waals surface area (Å²) >= 11 is 9.84. The third-order valence-corrected chi connectivity index (χ3v) is 4.93. The van der Waals surface area contributed by atoms with Gasteiger partial charge in [-0.15, -0.1) is 0 Å². The lowest BCUT2D eigenvalue weighted by atomic mass is 10.3. The molecule has 1 heterocycles. The molecule has 1 N–H and O–H groups in total. The second kappa shape index (κ2) is 6.82. The maximum Gasteiger partial charge on any atom is 0.231 e. The molecule has 4 nitrogen and oxygen atoms in total. The molecule has 20 heavy (non-hydrogen) atoms. The van der Waals surface area contributed by atoms with E-state index in [0.29, 0.717) is 12.4 Å². The first-order chi connectivity index (χ1) is 9.51. The highest BCUT2D eigenvalue weighted by atomic mass is 127. The number of nitrogens with one attached hydrogen (secondary N) is 1. The molecule has 0 amide bonds. The summed E-state index contributed by atoms with van der Waals surface area (Å²) in [6.45, 7) is 0.673. The Morgan fingerprint density at radius 1 is 1.45 bits per heavy atom. The number of ether oxygens (including phenoxy) is 1. The summed E-state index contributed by atoms with van der Waals surface area (Å²) in [7, 11) is 5.58. The van der Waals surface area contributed by atoms with Crippen LogP contribution < -0.4 is 15.0 Å². The van der Waals surface area contributed by atoms with Crippen LogP contribution in [0.15, 0.2) is 18.2 Å². The molecule has 0 aliphatic heterocycles. The minimum atomic E-state index is 0.673. The normalized spacial score (nSPS) is 10.4. The van der Waals surface area contributed by atoms with E-state index in [9.17, 15) is 0 Å². The molecule has 0 aliphatic rings. The van der Waals surface area contributed by atoms with Gasteiger partial charge in [-0.05, 0) is 40.8 Å². The molecule has 0 radical (unpaired) electrons. The van der Waals surface area contributed by atoms with Crippen LogP contribution in [0.4, 0.5) is 10.8 Å². The largest absolute Gasteiger partial charge is 0.480 e. The van der Waals surface area contributed by atoms with Crippen molar-refractivity contribution in [2.75, 3.05) is 31.4 Å². The van der Waals surface area contributed by atoms with Crippen molar-refractivity contribution >= 4 is 56.3 Å². The van der Waals surface area contributed by atoms with Crippen LogP contribution in [0.25, 0.3) is 0 Å². The van der Waals surface area contributed by atoms with Gasteiger partial charge in [-0.2, -0.15) is 4.98 Å². The third kappa shape index (κ3) is 3.67. The zero-order valence-corrected chi connectivity index (χ0v) is 15.1. The van der Waals surface area contributed by atoms with E-state index in [4.69, 9.17) is 16.3 Å². The predicted molar refractivity (Wildman–Crippen MR) is 94.5 cm³/mol. The number of anilines is 2. The molecule has 0 saturated carbocycles. The van der Waals surface area contributed by atoms with Crippen molar-refractivity contribution in [3.05, 3.63) is 31.7 Å². The molecule has 2 aromatic rings. The van der Waals surface area contributed by atoms with Crippen molar-refractivity contribution in [2.45, 2.75) is 6.54 Å². The van der Waals surface area contributed by atoms with Gasteiger partial charge in [0.15, 0.2) is 5.13 Å². The fourth-order valence-electron chi connectivity index (χ4n) is 1.60. The molecule has 0 atom stereocenters. The summed E-state index contributed by atoms with van der Waals surface area (Å²) in [5.74, 6) is 0.676. The number of thiazole rings is 1. The van der Waals surface area contributed by atoms with Crippen LogP contribution in [0.3, 0.4) is 0 Å². The molecule has 0 aliphatic carbocycles. The SMILES string of the molecule is COc1nc(N(C)C)sc1CNc1ccc(Cl)cc1I. The van der Waals surface area contributed by atoms with Crippen molar-refractivity contribution in [1.29, 1.82) is 0 Å². The van der Waals surface area contributed by atoms with Crippen molar-refractivity contribution in [2.24, 2.45) is 0 Å². The van der Waals surface area contributed by atoms with E-state index >= 15 is 0 Å². The maximum atomic E-state index is 5.95. The van der Waals surface area contributed by atoms with Crippen molar-refractivity contribution < 1.29 is 4.74 Å². The number of nitrogens with zero attached hydrogens (tertiary/aromatic N) is 2. The Labute approximate surface area is 141 Å². The molecule has 0 saturated heterocycles. The summed E-state index contributed by atoms with van der Waals surface area (Å²) in [6, 6.07) is 5.78. The van der Waals surface area contributed by atoms with Gasteiger partial charge in [0.2, 0.25) is 5.88 Å². The van der Waals surface area contributed by atoms with E-state index in [2.05, 4.69) is 32.9 Å². The molecule has 2 rings (SSSR count). The van der Waals surface area contributed by atoms with Crippen LogP contribution in [0.5, 0.6) is 5.88 Å². The minimum Gasteiger partial charge on any atom is -0.480 e. The summed E-state index contributed by atoms with van der Waals surface area (Å²) < 4.78 is 6.41. The van der Waals surface area contributed by atoms with Crippen LogP contribution in [0.1, 0.15) is 4.88 Å². The molecule has 0 fully saturated rings. The number of hydrogen-bond acceptors (Lipinski definition) is 5. The topological polar surface area (TPSA) is 37.4 Å². The van der Waals surface area contributed by atoms with Gasteiger partial charge in [-0.3, -0.25) is 0 Å². The molecule has 0 unspecified atom stereocenters. The molecule has 1 aromatic carbocycles. The zero-order valence-electron chi connectivity index (χ0n) is 11.4. The van der Waals surface area contributed by atoms with Crippen LogP contribution in [0.2, 0.25) is 5.02 Å². The first kappa shape index (κ1) is 15.7. The molecular weight excluding hydrogens is 409 g/mol. The Kier molecular flexibility index (Phi) is 5.34.